The van der Waals surface area contributed by atoms with Crippen LogP contribution in [0.3, 0.4) is 0 Å². The average Bonchev–Trinajstić information content (AvgIpc) is 2.75. The maximum Gasteiger partial charge on any atom is 0.159 e. The summed E-state index contributed by atoms with van der Waals surface area (Å²) in [6, 6.07) is 5.68. The molecule has 0 radical (unpaired) electrons. The molecule has 2 aromatic rings. The molecule has 1 aromatic carbocycles. The van der Waals surface area contributed by atoms with Gasteiger partial charge in [0.1, 0.15) is 5.82 Å². The Morgan fingerprint density at radius 1 is 1.22 bits per heavy atom. The first-order valence-electron chi connectivity index (χ1n) is 5.52. The topological polar surface area (TPSA) is 43.8 Å². The second-order valence-electron chi connectivity index (χ2n) is 3.78. The van der Waals surface area contributed by atoms with Crippen molar-refractivity contribution in [2.45, 2.75) is 17.9 Å². The Bertz CT molecular complexity index is 528. The fourth-order valence-electron chi connectivity index (χ4n) is 1.49. The highest BCUT2D eigenvalue weighted by Crippen LogP contribution is 2.21. The zero-order valence-corrected chi connectivity index (χ0v) is 10.5. The van der Waals surface area contributed by atoms with Crippen molar-refractivity contribution in [3.8, 4) is 0 Å². The van der Waals surface area contributed by atoms with E-state index in [1.165, 1.54) is 17.8 Å². The SMILES string of the molecule is Nc1ccn(CCCSc2ccc(F)c(F)c2)n1. The predicted molar refractivity (Wildman–Crippen MR) is 68.3 cm³/mol. The van der Waals surface area contributed by atoms with Gasteiger partial charge in [-0.2, -0.15) is 5.10 Å². The van der Waals surface area contributed by atoms with Crippen molar-refractivity contribution in [3.05, 3.63) is 42.1 Å². The van der Waals surface area contributed by atoms with Crippen molar-refractivity contribution in [2.75, 3.05) is 11.5 Å². The lowest BCUT2D eigenvalue weighted by Gasteiger charge is -2.03. The van der Waals surface area contributed by atoms with E-state index in [4.69, 9.17) is 5.73 Å². The second-order valence-corrected chi connectivity index (χ2v) is 4.95. The van der Waals surface area contributed by atoms with Crippen LogP contribution in [-0.2, 0) is 6.54 Å². The highest BCUT2D eigenvalue weighted by Gasteiger charge is 2.03. The molecule has 0 aliphatic carbocycles. The summed E-state index contributed by atoms with van der Waals surface area (Å²) in [4.78, 5) is 0.730. The van der Waals surface area contributed by atoms with Crippen LogP contribution in [0.25, 0.3) is 0 Å². The summed E-state index contributed by atoms with van der Waals surface area (Å²) in [5.74, 6) is -0.306. The Morgan fingerprint density at radius 3 is 2.72 bits per heavy atom. The Balaban J connectivity index is 1.76. The Kier molecular flexibility index (Phi) is 4.19. The Morgan fingerprint density at radius 2 is 2.06 bits per heavy atom. The molecule has 6 heteroatoms. The fraction of sp³-hybridized carbons (Fsp3) is 0.250. The molecule has 0 fully saturated rings. The molecule has 2 N–H and O–H groups in total. The van der Waals surface area contributed by atoms with E-state index < -0.39 is 11.6 Å². The quantitative estimate of drug-likeness (QED) is 0.670. The minimum Gasteiger partial charge on any atom is -0.382 e. The molecular formula is C12H13F2N3S. The average molecular weight is 269 g/mol. The number of nitrogens with two attached hydrogens (primary N) is 1. The van der Waals surface area contributed by atoms with E-state index in [9.17, 15) is 8.78 Å². The molecule has 0 bridgehead atoms. The number of hydrogen-bond acceptors (Lipinski definition) is 3. The van der Waals surface area contributed by atoms with Gasteiger partial charge in [0.2, 0.25) is 0 Å². The summed E-state index contributed by atoms with van der Waals surface area (Å²) in [5, 5.41) is 4.06. The molecule has 96 valence electrons. The van der Waals surface area contributed by atoms with Gasteiger partial charge in [0.05, 0.1) is 0 Å². The molecule has 2 rings (SSSR count). The van der Waals surface area contributed by atoms with Crippen LogP contribution in [0.2, 0.25) is 0 Å². The van der Waals surface area contributed by atoms with Crippen LogP contribution >= 0.6 is 11.8 Å². The van der Waals surface area contributed by atoms with Gasteiger partial charge < -0.3 is 5.73 Å². The molecule has 0 saturated carbocycles. The number of nitrogens with zero attached hydrogens (tertiary/aromatic N) is 2. The highest BCUT2D eigenvalue weighted by atomic mass is 32.2. The summed E-state index contributed by atoms with van der Waals surface area (Å²) in [5.41, 5.74) is 5.49. The number of anilines is 1. The van der Waals surface area contributed by atoms with Crippen molar-refractivity contribution >= 4 is 17.6 Å². The molecule has 0 aliphatic rings. The number of nitrogen functional groups attached to an aromatic ring is 1. The number of aromatic nitrogens is 2. The summed E-state index contributed by atoms with van der Waals surface area (Å²) < 4.78 is 27.4. The standard InChI is InChI=1S/C12H13F2N3S/c13-10-3-2-9(8-11(10)14)18-7-1-5-17-6-4-12(15)16-17/h2-4,6,8H,1,5,7H2,(H2,15,16). The molecule has 0 aliphatic heterocycles. The van der Waals surface area contributed by atoms with Crippen LogP contribution in [0.4, 0.5) is 14.6 Å². The third kappa shape index (κ3) is 3.46. The fourth-order valence-corrected chi connectivity index (χ4v) is 2.35. The van der Waals surface area contributed by atoms with Gasteiger partial charge in [-0.15, -0.1) is 11.8 Å². The van der Waals surface area contributed by atoms with E-state index >= 15 is 0 Å². The normalized spacial score (nSPS) is 10.8. The molecule has 0 spiro atoms. The van der Waals surface area contributed by atoms with Crippen LogP contribution < -0.4 is 5.73 Å². The molecule has 18 heavy (non-hydrogen) atoms. The molecule has 0 unspecified atom stereocenters. The first-order chi connectivity index (χ1) is 8.65. The zero-order valence-electron chi connectivity index (χ0n) is 9.64. The summed E-state index contributed by atoms with van der Waals surface area (Å²) in [6.45, 7) is 0.758. The van der Waals surface area contributed by atoms with Crippen LogP contribution in [0, 0.1) is 11.6 Å². The lowest BCUT2D eigenvalue weighted by Crippen LogP contribution is -2.00. The lowest BCUT2D eigenvalue weighted by molar-refractivity contribution is 0.506. The Hall–Kier alpha value is -1.56. The molecule has 1 aromatic heterocycles. The zero-order chi connectivity index (χ0) is 13.0. The molecule has 0 saturated heterocycles. The number of hydrogen-bond donors (Lipinski definition) is 1. The van der Waals surface area contributed by atoms with Crippen LogP contribution in [-0.4, -0.2) is 15.5 Å². The third-order valence-corrected chi connectivity index (χ3v) is 3.43. The van der Waals surface area contributed by atoms with E-state index in [0.29, 0.717) is 5.82 Å². The molecule has 0 amide bonds. The number of halogens is 2. The number of rotatable bonds is 5. The van der Waals surface area contributed by atoms with Gasteiger partial charge in [-0.1, -0.05) is 0 Å². The lowest BCUT2D eigenvalue weighted by atomic mass is 10.3. The monoisotopic (exact) mass is 269 g/mol. The van der Waals surface area contributed by atoms with Crippen LogP contribution in [0.5, 0.6) is 0 Å². The van der Waals surface area contributed by atoms with Gasteiger partial charge in [0.15, 0.2) is 11.6 Å². The number of aryl methyl sites for hydroxylation is 1. The van der Waals surface area contributed by atoms with Crippen molar-refractivity contribution in [2.24, 2.45) is 0 Å². The molecule has 3 nitrogen and oxygen atoms in total. The summed E-state index contributed by atoms with van der Waals surface area (Å²) in [6.07, 6.45) is 2.70. The van der Waals surface area contributed by atoms with Gasteiger partial charge >= 0.3 is 0 Å². The predicted octanol–water partition coefficient (Wildman–Crippen LogP) is 2.93. The first kappa shape index (κ1) is 12.9. The van der Waals surface area contributed by atoms with Crippen molar-refractivity contribution in [3.63, 3.8) is 0 Å². The van der Waals surface area contributed by atoms with Gasteiger partial charge in [-0.25, -0.2) is 8.78 Å². The second kappa shape index (κ2) is 5.86. The van der Waals surface area contributed by atoms with E-state index in [1.807, 2.05) is 6.20 Å². The molecule has 1 heterocycles. The number of thioether (sulfide) groups is 1. The van der Waals surface area contributed by atoms with Crippen molar-refractivity contribution in [1.82, 2.24) is 9.78 Å². The summed E-state index contributed by atoms with van der Waals surface area (Å²) in [7, 11) is 0. The smallest absolute Gasteiger partial charge is 0.159 e. The van der Waals surface area contributed by atoms with E-state index in [1.54, 1.807) is 16.8 Å². The Labute approximate surface area is 108 Å². The van der Waals surface area contributed by atoms with Crippen LogP contribution in [0.1, 0.15) is 6.42 Å². The van der Waals surface area contributed by atoms with Gasteiger partial charge in [0.25, 0.3) is 0 Å². The molecular weight excluding hydrogens is 256 g/mol. The molecule has 0 atom stereocenters. The van der Waals surface area contributed by atoms with Gasteiger partial charge in [-0.05, 0) is 36.4 Å². The minimum atomic E-state index is -0.814. The largest absolute Gasteiger partial charge is 0.382 e. The van der Waals surface area contributed by atoms with Crippen molar-refractivity contribution in [1.29, 1.82) is 0 Å². The minimum absolute atomic E-state index is 0.503. The maximum absolute atomic E-state index is 12.9. The van der Waals surface area contributed by atoms with E-state index in [2.05, 4.69) is 5.10 Å². The highest BCUT2D eigenvalue weighted by molar-refractivity contribution is 7.99. The van der Waals surface area contributed by atoms with Gasteiger partial charge in [0, 0.05) is 17.6 Å². The van der Waals surface area contributed by atoms with Crippen molar-refractivity contribution < 1.29 is 8.78 Å². The van der Waals surface area contributed by atoms with Crippen LogP contribution in [0.15, 0.2) is 35.4 Å². The first-order valence-corrected chi connectivity index (χ1v) is 6.50. The van der Waals surface area contributed by atoms with E-state index in [-0.39, 0.29) is 0 Å². The van der Waals surface area contributed by atoms with E-state index in [0.717, 1.165) is 29.7 Å². The summed E-state index contributed by atoms with van der Waals surface area (Å²) >= 11 is 1.49. The van der Waals surface area contributed by atoms with Gasteiger partial charge in [-0.3, -0.25) is 4.68 Å². The maximum atomic E-state index is 12.9. The number of benzene rings is 1. The third-order valence-electron chi connectivity index (χ3n) is 2.35.